The maximum atomic E-state index is 5.50. The zero-order valence-electron chi connectivity index (χ0n) is 11.8. The van der Waals surface area contributed by atoms with Gasteiger partial charge in [0.15, 0.2) is 5.13 Å². The summed E-state index contributed by atoms with van der Waals surface area (Å²) in [4.78, 5) is 9.38. The summed E-state index contributed by atoms with van der Waals surface area (Å²) in [5.41, 5.74) is 5.50. The van der Waals surface area contributed by atoms with Gasteiger partial charge in [-0.05, 0) is 25.9 Å². The van der Waals surface area contributed by atoms with Gasteiger partial charge < -0.3 is 10.6 Å². The van der Waals surface area contributed by atoms with E-state index in [9.17, 15) is 0 Å². The van der Waals surface area contributed by atoms with E-state index in [1.54, 1.807) is 11.3 Å². The van der Waals surface area contributed by atoms with Gasteiger partial charge in [-0.1, -0.05) is 19.3 Å². The minimum Gasteiger partial charge on any atom is -0.346 e. The van der Waals surface area contributed by atoms with E-state index in [1.165, 1.54) is 56.9 Å². The van der Waals surface area contributed by atoms with Crippen LogP contribution in [-0.2, 0) is 0 Å². The topological polar surface area (TPSA) is 45.4 Å². The average Bonchev–Trinajstić information content (AvgIpc) is 2.97. The Morgan fingerprint density at radius 3 is 2.47 bits per heavy atom. The maximum absolute atomic E-state index is 5.50. The Labute approximate surface area is 120 Å². The molecular weight excluding hydrogens is 256 g/mol. The van der Waals surface area contributed by atoms with Crippen molar-refractivity contribution in [1.29, 1.82) is 0 Å². The third kappa shape index (κ3) is 5.09. The first-order valence-corrected chi connectivity index (χ1v) is 8.35. The lowest BCUT2D eigenvalue weighted by Crippen LogP contribution is -2.46. The molecule has 4 nitrogen and oxygen atoms in total. The predicted molar refractivity (Wildman–Crippen MR) is 82.9 cm³/mol. The van der Waals surface area contributed by atoms with Crippen LogP contribution in [0.15, 0.2) is 11.6 Å². The molecule has 0 atom stereocenters. The Kier molecular flexibility index (Phi) is 6.61. The molecule has 0 saturated carbocycles. The molecular formula is C14H26N4S. The molecule has 0 aromatic carbocycles. The molecule has 2 N–H and O–H groups in total. The molecule has 19 heavy (non-hydrogen) atoms. The first-order valence-electron chi connectivity index (χ1n) is 7.47. The number of thiazole rings is 1. The number of unbranched alkanes of at least 4 members (excludes halogenated alkanes) is 4. The fourth-order valence-corrected chi connectivity index (χ4v) is 3.24. The fourth-order valence-electron chi connectivity index (χ4n) is 2.54. The highest BCUT2D eigenvalue weighted by Gasteiger charge is 2.17. The van der Waals surface area contributed by atoms with Crippen molar-refractivity contribution in [2.45, 2.75) is 32.1 Å². The van der Waals surface area contributed by atoms with Crippen molar-refractivity contribution in [3.63, 3.8) is 0 Å². The fraction of sp³-hybridized carbons (Fsp3) is 0.786. The second-order valence-corrected chi connectivity index (χ2v) is 6.07. The van der Waals surface area contributed by atoms with Gasteiger partial charge in [0.2, 0.25) is 0 Å². The van der Waals surface area contributed by atoms with E-state index in [4.69, 9.17) is 5.73 Å². The van der Waals surface area contributed by atoms with Crippen molar-refractivity contribution in [2.75, 3.05) is 44.2 Å². The van der Waals surface area contributed by atoms with Crippen LogP contribution in [0.25, 0.3) is 0 Å². The molecule has 1 aromatic heterocycles. The quantitative estimate of drug-likeness (QED) is 0.742. The number of aromatic nitrogens is 1. The molecule has 1 fully saturated rings. The molecule has 0 amide bonds. The van der Waals surface area contributed by atoms with Crippen LogP contribution < -0.4 is 10.6 Å². The van der Waals surface area contributed by atoms with Crippen LogP contribution in [-0.4, -0.2) is 49.2 Å². The number of hydrogen-bond donors (Lipinski definition) is 1. The predicted octanol–water partition coefficient (Wildman–Crippen LogP) is 2.17. The highest BCUT2D eigenvalue weighted by Crippen LogP contribution is 2.19. The molecule has 5 heteroatoms. The molecule has 2 rings (SSSR count). The lowest BCUT2D eigenvalue weighted by Gasteiger charge is -2.34. The molecule has 0 unspecified atom stereocenters. The summed E-state index contributed by atoms with van der Waals surface area (Å²) in [5.74, 6) is 0. The lowest BCUT2D eigenvalue weighted by molar-refractivity contribution is 0.252. The number of hydrogen-bond acceptors (Lipinski definition) is 5. The monoisotopic (exact) mass is 282 g/mol. The number of nitrogens with zero attached hydrogens (tertiary/aromatic N) is 3. The second kappa shape index (κ2) is 8.51. The van der Waals surface area contributed by atoms with Gasteiger partial charge in [-0.3, -0.25) is 4.90 Å². The van der Waals surface area contributed by atoms with Gasteiger partial charge in [0.25, 0.3) is 0 Å². The maximum Gasteiger partial charge on any atom is 0.185 e. The van der Waals surface area contributed by atoms with Crippen LogP contribution in [0.2, 0.25) is 0 Å². The van der Waals surface area contributed by atoms with E-state index in [-0.39, 0.29) is 0 Å². The van der Waals surface area contributed by atoms with E-state index in [0.717, 1.165) is 19.6 Å². The van der Waals surface area contributed by atoms with Crippen LogP contribution in [0.3, 0.4) is 0 Å². The molecule has 0 aliphatic carbocycles. The second-order valence-electron chi connectivity index (χ2n) is 5.20. The van der Waals surface area contributed by atoms with Gasteiger partial charge in [-0.15, -0.1) is 11.3 Å². The van der Waals surface area contributed by atoms with Gasteiger partial charge in [0.1, 0.15) is 0 Å². The summed E-state index contributed by atoms with van der Waals surface area (Å²) in [5, 5.41) is 3.24. The van der Waals surface area contributed by atoms with Crippen molar-refractivity contribution in [3.8, 4) is 0 Å². The third-order valence-corrected chi connectivity index (χ3v) is 4.57. The lowest BCUT2D eigenvalue weighted by atomic mass is 10.1. The molecule has 1 saturated heterocycles. The van der Waals surface area contributed by atoms with E-state index < -0.39 is 0 Å². The van der Waals surface area contributed by atoms with Crippen LogP contribution in [0, 0.1) is 0 Å². The molecule has 1 aromatic rings. The minimum absolute atomic E-state index is 0.846. The van der Waals surface area contributed by atoms with Gasteiger partial charge in [0, 0.05) is 37.8 Å². The van der Waals surface area contributed by atoms with Crippen LogP contribution >= 0.6 is 11.3 Å². The van der Waals surface area contributed by atoms with Crippen LogP contribution in [0.5, 0.6) is 0 Å². The van der Waals surface area contributed by atoms with E-state index in [2.05, 4.69) is 20.2 Å². The number of anilines is 1. The Balaban J connectivity index is 1.54. The van der Waals surface area contributed by atoms with Gasteiger partial charge in [0.05, 0.1) is 0 Å². The number of nitrogens with two attached hydrogens (primary N) is 1. The van der Waals surface area contributed by atoms with Gasteiger partial charge in [-0.25, -0.2) is 4.98 Å². The zero-order chi connectivity index (χ0) is 13.3. The third-order valence-electron chi connectivity index (χ3n) is 3.74. The van der Waals surface area contributed by atoms with Crippen molar-refractivity contribution >= 4 is 16.5 Å². The number of rotatable bonds is 8. The first kappa shape index (κ1) is 14.8. The highest BCUT2D eigenvalue weighted by molar-refractivity contribution is 7.13. The van der Waals surface area contributed by atoms with Gasteiger partial charge in [-0.2, -0.15) is 0 Å². The Hall–Kier alpha value is -0.650. The minimum atomic E-state index is 0.846. The van der Waals surface area contributed by atoms with Crippen LogP contribution in [0.4, 0.5) is 5.13 Å². The molecule has 1 aliphatic rings. The summed E-state index contributed by atoms with van der Waals surface area (Å²) in [7, 11) is 0. The molecule has 0 bridgehead atoms. The largest absolute Gasteiger partial charge is 0.346 e. The average molecular weight is 282 g/mol. The van der Waals surface area contributed by atoms with Crippen LogP contribution in [0.1, 0.15) is 32.1 Å². The number of piperazine rings is 1. The summed E-state index contributed by atoms with van der Waals surface area (Å²) in [6.07, 6.45) is 8.42. The molecule has 0 radical (unpaired) electrons. The summed E-state index contributed by atoms with van der Waals surface area (Å²) in [6.45, 7) is 6.72. The summed E-state index contributed by atoms with van der Waals surface area (Å²) < 4.78 is 0. The Morgan fingerprint density at radius 1 is 1.05 bits per heavy atom. The molecule has 2 heterocycles. The normalized spacial score (nSPS) is 17.0. The van der Waals surface area contributed by atoms with E-state index in [0.29, 0.717) is 0 Å². The Bertz CT molecular complexity index is 320. The highest BCUT2D eigenvalue weighted by atomic mass is 32.1. The SMILES string of the molecule is NCCCCCCCN1CCN(c2nccs2)CC1. The van der Waals surface area contributed by atoms with Crippen molar-refractivity contribution in [3.05, 3.63) is 11.6 Å². The summed E-state index contributed by atoms with van der Waals surface area (Å²) in [6, 6.07) is 0. The van der Waals surface area contributed by atoms with E-state index >= 15 is 0 Å². The standard InChI is InChI=1S/C14H26N4S/c15-6-4-2-1-3-5-8-17-9-11-18(12-10-17)14-16-7-13-19-14/h7,13H,1-6,8-12,15H2. The Morgan fingerprint density at radius 2 is 1.79 bits per heavy atom. The van der Waals surface area contributed by atoms with E-state index in [1.807, 2.05) is 6.20 Å². The van der Waals surface area contributed by atoms with Crippen molar-refractivity contribution in [1.82, 2.24) is 9.88 Å². The molecule has 1 aliphatic heterocycles. The van der Waals surface area contributed by atoms with Crippen molar-refractivity contribution in [2.24, 2.45) is 5.73 Å². The molecule has 108 valence electrons. The molecule has 0 spiro atoms. The van der Waals surface area contributed by atoms with Crippen molar-refractivity contribution < 1.29 is 0 Å². The summed E-state index contributed by atoms with van der Waals surface area (Å²) >= 11 is 1.75. The first-order chi connectivity index (χ1) is 9.40. The van der Waals surface area contributed by atoms with Gasteiger partial charge >= 0.3 is 0 Å². The smallest absolute Gasteiger partial charge is 0.185 e. The zero-order valence-corrected chi connectivity index (χ0v) is 12.6.